The molecule has 70 valence electrons. The van der Waals surface area contributed by atoms with Crippen molar-refractivity contribution in [3.8, 4) is 11.1 Å². The van der Waals surface area contributed by atoms with E-state index >= 15 is 0 Å². The number of carbonyl (C=O) groups excluding carboxylic acids is 1. The summed E-state index contributed by atoms with van der Waals surface area (Å²) in [6.07, 6.45) is 2.43. The number of benzene rings is 1. The van der Waals surface area contributed by atoms with Gasteiger partial charge in [-0.15, -0.1) is 0 Å². The van der Waals surface area contributed by atoms with E-state index in [1.807, 2.05) is 0 Å². The normalized spacial score (nSPS) is 10.1. The fourth-order valence-electron chi connectivity index (χ4n) is 1.36. The lowest BCUT2D eigenvalue weighted by Gasteiger charge is -1.98. The molecule has 2 rings (SSSR count). The van der Waals surface area contributed by atoms with Gasteiger partial charge in [0.25, 0.3) is 0 Å². The van der Waals surface area contributed by atoms with Gasteiger partial charge in [0.05, 0.1) is 5.69 Å². The molecule has 3 heteroatoms. The Kier molecular flexibility index (Phi) is 2.14. The minimum atomic E-state index is -0.281. The van der Waals surface area contributed by atoms with E-state index in [1.54, 1.807) is 24.4 Å². The Hall–Kier alpha value is -1.90. The molecule has 0 radical (unpaired) electrons. The molecule has 0 aliphatic carbocycles. The Balaban J connectivity index is 2.49. The summed E-state index contributed by atoms with van der Waals surface area (Å²) in [7, 11) is 0. The zero-order chi connectivity index (χ0) is 9.97. The van der Waals surface area contributed by atoms with Gasteiger partial charge in [0, 0.05) is 11.8 Å². The average Bonchev–Trinajstić information content (AvgIpc) is 2.67. The highest BCUT2D eigenvalue weighted by Gasteiger charge is 2.04. The van der Waals surface area contributed by atoms with E-state index in [0.717, 1.165) is 17.4 Å². The summed E-state index contributed by atoms with van der Waals surface area (Å²) in [6.45, 7) is 0. The number of aromatic nitrogens is 1. The standard InChI is InChI=1S/C11H8FNO/c12-9-3-1-8(2-4-9)10-5-6-13-11(10)7-14/h1-7,13H. The predicted octanol–water partition coefficient (Wildman–Crippen LogP) is 2.63. The maximum Gasteiger partial charge on any atom is 0.166 e. The van der Waals surface area contributed by atoms with Gasteiger partial charge in [-0.2, -0.15) is 0 Å². The van der Waals surface area contributed by atoms with Gasteiger partial charge < -0.3 is 4.98 Å². The third-order valence-electron chi connectivity index (χ3n) is 2.05. The molecule has 0 atom stereocenters. The molecule has 2 nitrogen and oxygen atoms in total. The van der Waals surface area contributed by atoms with Crippen molar-refractivity contribution >= 4 is 6.29 Å². The van der Waals surface area contributed by atoms with Crippen LogP contribution in [0.4, 0.5) is 4.39 Å². The van der Waals surface area contributed by atoms with Gasteiger partial charge in [0.15, 0.2) is 6.29 Å². The first-order valence-electron chi connectivity index (χ1n) is 4.20. The monoisotopic (exact) mass is 189 g/mol. The highest BCUT2D eigenvalue weighted by atomic mass is 19.1. The van der Waals surface area contributed by atoms with Crippen LogP contribution in [-0.2, 0) is 0 Å². The Bertz CT molecular complexity index is 445. The minimum Gasteiger partial charge on any atom is -0.359 e. The summed E-state index contributed by atoms with van der Waals surface area (Å²) in [5.41, 5.74) is 2.13. The lowest BCUT2D eigenvalue weighted by molar-refractivity contribution is 0.112. The van der Waals surface area contributed by atoms with E-state index in [-0.39, 0.29) is 5.82 Å². The van der Waals surface area contributed by atoms with Gasteiger partial charge in [0.1, 0.15) is 5.82 Å². The second-order valence-corrected chi connectivity index (χ2v) is 2.93. The van der Waals surface area contributed by atoms with Crippen molar-refractivity contribution in [2.45, 2.75) is 0 Å². The molecule has 0 aliphatic heterocycles. The molecule has 0 spiro atoms. The van der Waals surface area contributed by atoms with Crippen molar-refractivity contribution in [3.05, 3.63) is 48.0 Å². The van der Waals surface area contributed by atoms with E-state index < -0.39 is 0 Å². The topological polar surface area (TPSA) is 32.9 Å². The molecule has 2 aromatic rings. The zero-order valence-corrected chi connectivity index (χ0v) is 7.33. The van der Waals surface area contributed by atoms with Gasteiger partial charge >= 0.3 is 0 Å². The van der Waals surface area contributed by atoms with Crippen LogP contribution in [0.5, 0.6) is 0 Å². The van der Waals surface area contributed by atoms with E-state index in [1.165, 1.54) is 12.1 Å². The van der Waals surface area contributed by atoms with Crippen molar-refractivity contribution < 1.29 is 9.18 Å². The van der Waals surface area contributed by atoms with Gasteiger partial charge in [-0.3, -0.25) is 4.79 Å². The number of nitrogens with one attached hydrogen (secondary N) is 1. The predicted molar refractivity (Wildman–Crippen MR) is 51.6 cm³/mol. The van der Waals surface area contributed by atoms with Crippen LogP contribution < -0.4 is 0 Å². The molecule has 0 fully saturated rings. The number of halogens is 1. The molecule has 1 aromatic carbocycles. The maximum absolute atomic E-state index is 12.6. The van der Waals surface area contributed by atoms with Crippen LogP contribution in [0.1, 0.15) is 10.5 Å². The number of H-pyrrole nitrogens is 1. The minimum absolute atomic E-state index is 0.281. The number of hydrogen-bond donors (Lipinski definition) is 1. The summed E-state index contributed by atoms with van der Waals surface area (Å²) in [4.78, 5) is 13.4. The van der Waals surface area contributed by atoms with E-state index in [0.29, 0.717) is 5.69 Å². The molecule has 0 saturated heterocycles. The Morgan fingerprint density at radius 3 is 2.50 bits per heavy atom. The number of carbonyl (C=O) groups is 1. The number of aromatic amines is 1. The van der Waals surface area contributed by atoms with Crippen molar-refractivity contribution in [2.24, 2.45) is 0 Å². The number of hydrogen-bond acceptors (Lipinski definition) is 1. The van der Waals surface area contributed by atoms with Crippen LogP contribution in [0.3, 0.4) is 0 Å². The van der Waals surface area contributed by atoms with Crippen LogP contribution in [0.25, 0.3) is 11.1 Å². The fraction of sp³-hybridized carbons (Fsp3) is 0. The Morgan fingerprint density at radius 1 is 1.14 bits per heavy atom. The van der Waals surface area contributed by atoms with Crippen molar-refractivity contribution in [1.82, 2.24) is 4.98 Å². The quantitative estimate of drug-likeness (QED) is 0.724. The first-order chi connectivity index (χ1) is 6.81. The number of aldehydes is 1. The highest BCUT2D eigenvalue weighted by Crippen LogP contribution is 2.21. The molecular weight excluding hydrogens is 181 g/mol. The first-order valence-corrected chi connectivity index (χ1v) is 4.20. The van der Waals surface area contributed by atoms with Crippen molar-refractivity contribution in [3.63, 3.8) is 0 Å². The zero-order valence-electron chi connectivity index (χ0n) is 7.33. The van der Waals surface area contributed by atoms with Crippen LogP contribution in [0, 0.1) is 5.82 Å². The molecule has 0 aliphatic rings. The first kappa shape index (κ1) is 8.69. The highest BCUT2D eigenvalue weighted by molar-refractivity contribution is 5.85. The van der Waals surface area contributed by atoms with Crippen molar-refractivity contribution in [2.75, 3.05) is 0 Å². The molecule has 1 aromatic heterocycles. The molecule has 0 amide bonds. The van der Waals surface area contributed by atoms with Crippen LogP contribution in [0.2, 0.25) is 0 Å². The Morgan fingerprint density at radius 2 is 1.86 bits per heavy atom. The van der Waals surface area contributed by atoms with Crippen LogP contribution in [-0.4, -0.2) is 11.3 Å². The van der Waals surface area contributed by atoms with Gasteiger partial charge in [0.2, 0.25) is 0 Å². The summed E-state index contributed by atoms with van der Waals surface area (Å²) in [6, 6.07) is 7.82. The molecule has 1 N–H and O–H groups in total. The van der Waals surface area contributed by atoms with Crippen LogP contribution in [0.15, 0.2) is 36.5 Å². The molecular formula is C11H8FNO. The third-order valence-corrected chi connectivity index (χ3v) is 2.05. The summed E-state index contributed by atoms with van der Waals surface area (Å²) < 4.78 is 12.6. The van der Waals surface area contributed by atoms with E-state index in [9.17, 15) is 9.18 Å². The average molecular weight is 189 g/mol. The van der Waals surface area contributed by atoms with E-state index in [4.69, 9.17) is 0 Å². The second-order valence-electron chi connectivity index (χ2n) is 2.93. The molecule has 0 saturated carbocycles. The summed E-state index contributed by atoms with van der Waals surface area (Å²) in [5, 5.41) is 0. The molecule has 14 heavy (non-hydrogen) atoms. The van der Waals surface area contributed by atoms with Crippen molar-refractivity contribution in [1.29, 1.82) is 0 Å². The molecule has 1 heterocycles. The van der Waals surface area contributed by atoms with Gasteiger partial charge in [-0.05, 0) is 23.8 Å². The molecule has 0 unspecified atom stereocenters. The maximum atomic E-state index is 12.6. The number of rotatable bonds is 2. The summed E-state index contributed by atoms with van der Waals surface area (Å²) >= 11 is 0. The molecule has 0 bridgehead atoms. The lowest BCUT2D eigenvalue weighted by atomic mass is 10.1. The summed E-state index contributed by atoms with van der Waals surface area (Å²) in [5.74, 6) is -0.281. The van der Waals surface area contributed by atoms with Crippen LogP contribution >= 0.6 is 0 Å². The largest absolute Gasteiger partial charge is 0.359 e. The lowest BCUT2D eigenvalue weighted by Crippen LogP contribution is -1.84. The Labute approximate surface area is 80.4 Å². The van der Waals surface area contributed by atoms with Gasteiger partial charge in [-0.25, -0.2) is 4.39 Å². The fourth-order valence-corrected chi connectivity index (χ4v) is 1.36. The smallest absolute Gasteiger partial charge is 0.166 e. The SMILES string of the molecule is O=Cc1[nH]ccc1-c1ccc(F)cc1. The van der Waals surface area contributed by atoms with Gasteiger partial charge in [-0.1, -0.05) is 12.1 Å². The second kappa shape index (κ2) is 3.46. The van der Waals surface area contributed by atoms with E-state index in [2.05, 4.69) is 4.98 Å². The third kappa shape index (κ3) is 1.44.